The molecule has 0 atom stereocenters. The van der Waals surface area contributed by atoms with Crippen molar-refractivity contribution in [2.24, 2.45) is 0 Å². The number of hydrogen-bond acceptors (Lipinski definition) is 7. The number of nitrogens with one attached hydrogen (secondary N) is 1. The largest absolute Gasteiger partial charge is 0.396 e. The van der Waals surface area contributed by atoms with E-state index in [1.54, 1.807) is 10.8 Å². The second-order valence-electron chi connectivity index (χ2n) is 7.57. The monoisotopic (exact) mass is 429 g/mol. The van der Waals surface area contributed by atoms with Crippen LogP contribution in [0.2, 0.25) is 0 Å². The summed E-state index contributed by atoms with van der Waals surface area (Å²) in [7, 11) is 0.932. The van der Waals surface area contributed by atoms with Gasteiger partial charge in [-0.05, 0) is 40.4 Å². The Kier molecular flexibility index (Phi) is 12.8. The van der Waals surface area contributed by atoms with Gasteiger partial charge in [0.2, 0.25) is 5.91 Å². The molecule has 0 aromatic heterocycles. The molecule has 0 aromatic carbocycles. The summed E-state index contributed by atoms with van der Waals surface area (Å²) in [5, 5.41) is 20.8. The molecule has 0 aliphatic heterocycles. The van der Waals surface area contributed by atoms with Gasteiger partial charge in [-0.2, -0.15) is 0 Å². The van der Waals surface area contributed by atoms with E-state index >= 15 is 0 Å². The zero-order valence-electron chi connectivity index (χ0n) is 16.7. The minimum Gasteiger partial charge on any atom is -0.396 e. The first kappa shape index (κ1) is 26.3. The van der Waals surface area contributed by atoms with Crippen molar-refractivity contribution in [3.8, 4) is 0 Å². The minimum atomic E-state index is -2.62. The second-order valence-corrected chi connectivity index (χ2v) is 14.1. The van der Waals surface area contributed by atoms with Gasteiger partial charge >= 0.3 is 0 Å². The quantitative estimate of drug-likeness (QED) is 0.272. The standard InChI is InChI=1S/C17H36NO5PS2/c1-16(2,23-10-6-17(3,4)26-25-5)14-15(21)18-7-11-24(22,12-8-19)13-9-20/h19-20H,6-14H2,1-5H3,(H,18,21). The average molecular weight is 430 g/mol. The third kappa shape index (κ3) is 12.6. The van der Waals surface area contributed by atoms with Crippen molar-refractivity contribution >= 4 is 34.6 Å². The van der Waals surface area contributed by atoms with Crippen molar-refractivity contribution in [3.05, 3.63) is 0 Å². The van der Waals surface area contributed by atoms with Gasteiger partial charge in [0.25, 0.3) is 0 Å². The topological polar surface area (TPSA) is 95.9 Å². The predicted molar refractivity (Wildman–Crippen MR) is 114 cm³/mol. The fourth-order valence-corrected chi connectivity index (χ4v) is 6.58. The second kappa shape index (κ2) is 12.7. The Morgan fingerprint density at radius 2 is 1.69 bits per heavy atom. The Labute approximate surface area is 166 Å². The van der Waals surface area contributed by atoms with Crippen LogP contribution in [0, 0.1) is 0 Å². The van der Waals surface area contributed by atoms with E-state index < -0.39 is 12.7 Å². The Bertz CT molecular complexity index is 450. The van der Waals surface area contributed by atoms with Crippen LogP contribution in [0.4, 0.5) is 0 Å². The van der Waals surface area contributed by atoms with E-state index in [1.807, 2.05) is 24.6 Å². The van der Waals surface area contributed by atoms with E-state index in [-0.39, 0.29) is 49.2 Å². The molecule has 0 spiro atoms. The Balaban J connectivity index is 4.25. The molecule has 1 amide bonds. The third-order valence-corrected chi connectivity index (χ3v) is 9.69. The number of hydrogen-bond donors (Lipinski definition) is 3. The molecule has 0 aliphatic rings. The summed E-state index contributed by atoms with van der Waals surface area (Å²) in [5.41, 5.74) is -0.565. The van der Waals surface area contributed by atoms with Gasteiger partial charge in [-0.3, -0.25) is 4.79 Å². The molecule has 0 unspecified atom stereocenters. The highest BCUT2D eigenvalue weighted by atomic mass is 33.1. The van der Waals surface area contributed by atoms with Crippen LogP contribution >= 0.6 is 28.7 Å². The normalized spacial score (nSPS) is 13.0. The van der Waals surface area contributed by atoms with Crippen molar-refractivity contribution in [2.75, 3.05) is 51.1 Å². The van der Waals surface area contributed by atoms with Gasteiger partial charge in [0.05, 0.1) is 19.2 Å². The molecule has 0 aromatic rings. The van der Waals surface area contributed by atoms with Crippen LogP contribution in [0.3, 0.4) is 0 Å². The van der Waals surface area contributed by atoms with Crippen LogP contribution in [0.15, 0.2) is 0 Å². The van der Waals surface area contributed by atoms with Crippen LogP contribution in [0.5, 0.6) is 0 Å². The number of amides is 1. The van der Waals surface area contributed by atoms with E-state index in [0.717, 1.165) is 6.42 Å². The summed E-state index contributed by atoms with van der Waals surface area (Å²) in [4.78, 5) is 12.1. The molecule has 0 radical (unpaired) electrons. The van der Waals surface area contributed by atoms with Crippen LogP contribution < -0.4 is 5.32 Å². The SMILES string of the molecule is CSSC(C)(C)CCOC(C)(C)CC(=O)NCCP(=O)(CCO)CCO. The average Bonchev–Trinajstić information content (AvgIpc) is 2.46. The van der Waals surface area contributed by atoms with E-state index in [2.05, 4.69) is 25.4 Å². The molecule has 0 heterocycles. The van der Waals surface area contributed by atoms with Crippen molar-refractivity contribution < 1.29 is 24.3 Å². The zero-order chi connectivity index (χ0) is 20.3. The summed E-state index contributed by atoms with van der Waals surface area (Å²) in [5.74, 6) is -0.146. The van der Waals surface area contributed by atoms with Crippen LogP contribution in [0.25, 0.3) is 0 Å². The number of carbonyl (C=O) groups is 1. The molecule has 0 saturated heterocycles. The van der Waals surface area contributed by atoms with Gasteiger partial charge in [-0.25, -0.2) is 0 Å². The van der Waals surface area contributed by atoms with E-state index in [4.69, 9.17) is 14.9 Å². The lowest BCUT2D eigenvalue weighted by molar-refractivity contribution is -0.127. The molecule has 0 bridgehead atoms. The molecule has 156 valence electrons. The maximum Gasteiger partial charge on any atom is 0.222 e. The van der Waals surface area contributed by atoms with Crippen molar-refractivity contribution in [2.45, 2.75) is 50.9 Å². The number of aliphatic hydroxyl groups excluding tert-OH is 2. The van der Waals surface area contributed by atoms with E-state index in [0.29, 0.717) is 12.8 Å². The van der Waals surface area contributed by atoms with Gasteiger partial charge < -0.3 is 24.8 Å². The smallest absolute Gasteiger partial charge is 0.222 e. The predicted octanol–water partition coefficient (Wildman–Crippen LogP) is 2.82. The van der Waals surface area contributed by atoms with Crippen LogP contribution in [-0.4, -0.2) is 77.6 Å². The number of aliphatic hydroxyl groups is 2. The van der Waals surface area contributed by atoms with E-state index in [1.165, 1.54) is 0 Å². The molecule has 0 saturated carbocycles. The Morgan fingerprint density at radius 1 is 1.12 bits per heavy atom. The summed E-state index contributed by atoms with van der Waals surface area (Å²) >= 11 is 0. The number of rotatable bonds is 15. The molecule has 9 heteroatoms. The third-order valence-electron chi connectivity index (χ3n) is 3.95. The van der Waals surface area contributed by atoms with Gasteiger partial charge in [-0.15, -0.1) is 0 Å². The highest BCUT2D eigenvalue weighted by Crippen LogP contribution is 2.43. The lowest BCUT2D eigenvalue weighted by atomic mass is 10.0. The van der Waals surface area contributed by atoms with Crippen molar-refractivity contribution in [3.63, 3.8) is 0 Å². The Morgan fingerprint density at radius 3 is 2.19 bits per heavy atom. The van der Waals surface area contributed by atoms with Gasteiger partial charge in [0.1, 0.15) is 0 Å². The summed E-state index contributed by atoms with van der Waals surface area (Å²) in [6, 6.07) is 0. The summed E-state index contributed by atoms with van der Waals surface area (Å²) in [6.07, 6.45) is 3.84. The highest BCUT2D eigenvalue weighted by molar-refractivity contribution is 8.76. The first-order valence-corrected chi connectivity index (χ1v) is 13.7. The zero-order valence-corrected chi connectivity index (χ0v) is 19.3. The number of ether oxygens (including phenoxy) is 1. The summed E-state index contributed by atoms with van der Waals surface area (Å²) in [6.45, 7) is 8.66. The molecule has 0 fully saturated rings. The fraction of sp³-hybridized carbons (Fsp3) is 0.941. The fourth-order valence-electron chi connectivity index (χ4n) is 2.44. The van der Waals surface area contributed by atoms with Crippen molar-refractivity contribution in [1.82, 2.24) is 5.32 Å². The maximum atomic E-state index is 12.5. The van der Waals surface area contributed by atoms with E-state index in [9.17, 15) is 9.36 Å². The lowest BCUT2D eigenvalue weighted by Crippen LogP contribution is -2.36. The van der Waals surface area contributed by atoms with Crippen LogP contribution in [0.1, 0.15) is 40.5 Å². The minimum absolute atomic E-state index is 0.123. The van der Waals surface area contributed by atoms with Crippen molar-refractivity contribution in [1.29, 1.82) is 0 Å². The molecule has 0 rings (SSSR count). The maximum absolute atomic E-state index is 12.5. The van der Waals surface area contributed by atoms with Crippen LogP contribution in [-0.2, 0) is 14.1 Å². The highest BCUT2D eigenvalue weighted by Gasteiger charge is 2.26. The number of carbonyl (C=O) groups excluding carboxylic acids is 1. The van der Waals surface area contributed by atoms with Gasteiger partial charge in [0, 0.05) is 49.6 Å². The molecular formula is C17H36NO5PS2. The summed E-state index contributed by atoms with van der Waals surface area (Å²) < 4.78 is 18.5. The van der Waals surface area contributed by atoms with Gasteiger partial charge in [-0.1, -0.05) is 21.6 Å². The lowest BCUT2D eigenvalue weighted by Gasteiger charge is -2.28. The molecule has 0 aliphatic carbocycles. The molecule has 3 N–H and O–H groups in total. The van der Waals surface area contributed by atoms with Gasteiger partial charge in [0.15, 0.2) is 0 Å². The Hall–Kier alpha value is 0.280. The first-order chi connectivity index (χ1) is 12.0. The molecule has 26 heavy (non-hydrogen) atoms. The first-order valence-electron chi connectivity index (χ1n) is 8.90. The molecule has 6 nitrogen and oxygen atoms in total. The molecular weight excluding hydrogens is 393 g/mol.